The molecule has 0 amide bonds. The number of aryl methyl sites for hydroxylation is 1. The molecule has 0 saturated heterocycles. The molecule has 19 heavy (non-hydrogen) atoms. The van der Waals surface area contributed by atoms with Gasteiger partial charge in [0.05, 0.1) is 11.3 Å². The van der Waals surface area contributed by atoms with Crippen molar-refractivity contribution in [2.45, 2.75) is 13.3 Å². The van der Waals surface area contributed by atoms with E-state index in [9.17, 15) is 13.6 Å². The monoisotopic (exact) mass is 261 g/mol. The van der Waals surface area contributed by atoms with Crippen LogP contribution in [0.4, 0.5) is 14.5 Å². The molecule has 2 aromatic carbocycles. The van der Waals surface area contributed by atoms with Crippen LogP contribution in [0.15, 0.2) is 36.4 Å². The number of benzene rings is 2. The normalized spacial score (nSPS) is 10.5. The van der Waals surface area contributed by atoms with E-state index in [1.807, 2.05) is 6.92 Å². The van der Waals surface area contributed by atoms with E-state index in [2.05, 4.69) is 0 Å². The van der Waals surface area contributed by atoms with E-state index in [4.69, 9.17) is 5.73 Å². The Morgan fingerprint density at radius 3 is 2.32 bits per heavy atom. The Labute approximate surface area is 109 Å². The lowest BCUT2D eigenvalue weighted by Crippen LogP contribution is -2.06. The first-order valence-electron chi connectivity index (χ1n) is 5.91. The van der Waals surface area contributed by atoms with Gasteiger partial charge < -0.3 is 5.73 Å². The van der Waals surface area contributed by atoms with Crippen molar-refractivity contribution in [2.75, 3.05) is 5.73 Å². The van der Waals surface area contributed by atoms with Gasteiger partial charge in [0.1, 0.15) is 11.6 Å². The molecule has 2 rings (SSSR count). The Morgan fingerprint density at radius 1 is 1.11 bits per heavy atom. The summed E-state index contributed by atoms with van der Waals surface area (Å²) in [6.07, 6.45) is 0.853. The van der Waals surface area contributed by atoms with Crippen LogP contribution in [0.1, 0.15) is 28.4 Å². The molecule has 0 radical (unpaired) electrons. The SMILES string of the molecule is CCc1ccc(C(=O)c2cc(N)c(F)cc2F)cc1. The van der Waals surface area contributed by atoms with E-state index in [-0.39, 0.29) is 11.3 Å². The minimum absolute atomic E-state index is 0.219. The van der Waals surface area contributed by atoms with Gasteiger partial charge in [-0.3, -0.25) is 4.79 Å². The van der Waals surface area contributed by atoms with E-state index in [1.54, 1.807) is 24.3 Å². The third-order valence-electron chi connectivity index (χ3n) is 2.96. The van der Waals surface area contributed by atoms with E-state index in [0.29, 0.717) is 11.6 Å². The molecular weight excluding hydrogens is 248 g/mol. The Morgan fingerprint density at radius 2 is 1.74 bits per heavy atom. The summed E-state index contributed by atoms with van der Waals surface area (Å²) >= 11 is 0. The van der Waals surface area contributed by atoms with Gasteiger partial charge in [-0.25, -0.2) is 8.78 Å². The Bertz CT molecular complexity index is 621. The molecular formula is C15H13F2NO. The van der Waals surface area contributed by atoms with Crippen molar-refractivity contribution in [2.24, 2.45) is 0 Å². The van der Waals surface area contributed by atoms with Gasteiger partial charge >= 0.3 is 0 Å². The number of ketones is 1. The lowest BCUT2D eigenvalue weighted by Gasteiger charge is -2.06. The second-order valence-electron chi connectivity index (χ2n) is 4.23. The molecule has 0 aliphatic carbocycles. The molecule has 98 valence electrons. The zero-order chi connectivity index (χ0) is 14.0. The highest BCUT2D eigenvalue weighted by Crippen LogP contribution is 2.20. The summed E-state index contributed by atoms with van der Waals surface area (Å²) in [5, 5.41) is 0. The van der Waals surface area contributed by atoms with Crippen molar-refractivity contribution < 1.29 is 13.6 Å². The summed E-state index contributed by atoms with van der Waals surface area (Å²) in [6.45, 7) is 2.00. The summed E-state index contributed by atoms with van der Waals surface area (Å²) in [5.41, 5.74) is 6.33. The second-order valence-corrected chi connectivity index (χ2v) is 4.23. The molecule has 4 heteroatoms. The van der Waals surface area contributed by atoms with Crippen molar-refractivity contribution in [3.63, 3.8) is 0 Å². The van der Waals surface area contributed by atoms with Crippen molar-refractivity contribution in [1.82, 2.24) is 0 Å². The highest BCUT2D eigenvalue weighted by molar-refractivity contribution is 6.09. The summed E-state index contributed by atoms with van der Waals surface area (Å²) in [5.74, 6) is -2.28. The number of hydrogen-bond acceptors (Lipinski definition) is 2. The van der Waals surface area contributed by atoms with Gasteiger partial charge in [0.15, 0.2) is 5.78 Å². The molecule has 2 nitrogen and oxygen atoms in total. The summed E-state index contributed by atoms with van der Waals surface area (Å²) < 4.78 is 26.6. The average Bonchev–Trinajstić information content (AvgIpc) is 2.42. The van der Waals surface area contributed by atoms with Gasteiger partial charge in [0.2, 0.25) is 0 Å². The van der Waals surface area contributed by atoms with Crippen LogP contribution in [0.2, 0.25) is 0 Å². The Kier molecular flexibility index (Phi) is 3.60. The minimum Gasteiger partial charge on any atom is -0.396 e. The lowest BCUT2D eigenvalue weighted by atomic mass is 10.0. The van der Waals surface area contributed by atoms with Crippen molar-refractivity contribution >= 4 is 11.5 Å². The number of carbonyl (C=O) groups is 1. The quantitative estimate of drug-likeness (QED) is 0.680. The van der Waals surface area contributed by atoms with Gasteiger partial charge in [0.25, 0.3) is 0 Å². The molecule has 0 saturated carbocycles. The van der Waals surface area contributed by atoms with Crippen LogP contribution >= 0.6 is 0 Å². The van der Waals surface area contributed by atoms with E-state index in [1.165, 1.54) is 0 Å². The van der Waals surface area contributed by atoms with Crippen LogP contribution in [-0.4, -0.2) is 5.78 Å². The fraction of sp³-hybridized carbons (Fsp3) is 0.133. The van der Waals surface area contributed by atoms with Gasteiger partial charge in [-0.1, -0.05) is 31.2 Å². The average molecular weight is 261 g/mol. The molecule has 2 aromatic rings. The predicted molar refractivity (Wildman–Crippen MR) is 70.0 cm³/mol. The molecule has 0 spiro atoms. The molecule has 0 aromatic heterocycles. The largest absolute Gasteiger partial charge is 0.396 e. The number of nitrogen functional groups attached to an aromatic ring is 1. The van der Waals surface area contributed by atoms with Gasteiger partial charge in [-0.15, -0.1) is 0 Å². The van der Waals surface area contributed by atoms with Crippen LogP contribution in [0.5, 0.6) is 0 Å². The van der Waals surface area contributed by atoms with Gasteiger partial charge in [-0.2, -0.15) is 0 Å². The van der Waals surface area contributed by atoms with Crippen molar-refractivity contribution in [3.05, 3.63) is 64.7 Å². The molecule has 0 atom stereocenters. The summed E-state index contributed by atoms with van der Waals surface area (Å²) in [4.78, 5) is 12.1. The number of rotatable bonds is 3. The van der Waals surface area contributed by atoms with E-state index in [0.717, 1.165) is 18.1 Å². The molecule has 0 fully saturated rings. The summed E-state index contributed by atoms with van der Waals surface area (Å²) in [6, 6.07) is 8.51. The van der Waals surface area contributed by atoms with E-state index >= 15 is 0 Å². The number of halogens is 2. The van der Waals surface area contributed by atoms with E-state index < -0.39 is 17.4 Å². The zero-order valence-electron chi connectivity index (χ0n) is 10.4. The van der Waals surface area contributed by atoms with Crippen molar-refractivity contribution in [3.8, 4) is 0 Å². The zero-order valence-corrected chi connectivity index (χ0v) is 10.4. The number of anilines is 1. The molecule has 0 aliphatic heterocycles. The standard InChI is InChI=1S/C15H13F2NO/c1-2-9-3-5-10(6-4-9)15(19)11-7-14(18)13(17)8-12(11)16/h3-8H,2,18H2,1H3. The maximum absolute atomic E-state index is 13.6. The molecule has 0 heterocycles. The topological polar surface area (TPSA) is 43.1 Å². The highest BCUT2D eigenvalue weighted by atomic mass is 19.1. The van der Waals surface area contributed by atoms with Crippen LogP contribution in [0.25, 0.3) is 0 Å². The minimum atomic E-state index is -0.906. The third kappa shape index (κ3) is 2.62. The molecule has 0 bridgehead atoms. The predicted octanol–water partition coefficient (Wildman–Crippen LogP) is 3.34. The maximum atomic E-state index is 13.6. The molecule has 0 unspecified atom stereocenters. The van der Waals surface area contributed by atoms with Crippen LogP contribution in [0, 0.1) is 11.6 Å². The maximum Gasteiger partial charge on any atom is 0.196 e. The fourth-order valence-electron chi connectivity index (χ4n) is 1.79. The van der Waals surface area contributed by atoms with Crippen LogP contribution in [-0.2, 0) is 6.42 Å². The molecule has 0 aliphatic rings. The van der Waals surface area contributed by atoms with Gasteiger partial charge in [-0.05, 0) is 18.1 Å². The number of hydrogen-bond donors (Lipinski definition) is 1. The summed E-state index contributed by atoms with van der Waals surface area (Å²) in [7, 11) is 0. The van der Waals surface area contributed by atoms with Crippen molar-refractivity contribution in [1.29, 1.82) is 0 Å². The van der Waals surface area contributed by atoms with Gasteiger partial charge in [0, 0.05) is 11.6 Å². The second kappa shape index (κ2) is 5.18. The Balaban J connectivity index is 2.40. The smallest absolute Gasteiger partial charge is 0.196 e. The van der Waals surface area contributed by atoms with Crippen LogP contribution < -0.4 is 5.73 Å². The first kappa shape index (κ1) is 13.2. The third-order valence-corrected chi connectivity index (χ3v) is 2.96. The lowest BCUT2D eigenvalue weighted by molar-refractivity contribution is 0.103. The highest BCUT2D eigenvalue weighted by Gasteiger charge is 2.16. The number of nitrogens with two attached hydrogens (primary N) is 1. The first-order valence-corrected chi connectivity index (χ1v) is 5.91. The first-order chi connectivity index (χ1) is 9.02. The van der Waals surface area contributed by atoms with Crippen LogP contribution in [0.3, 0.4) is 0 Å². The number of carbonyl (C=O) groups excluding carboxylic acids is 1. The molecule has 2 N–H and O–H groups in total. The Hall–Kier alpha value is -2.23. The fourth-order valence-corrected chi connectivity index (χ4v) is 1.79.